The van der Waals surface area contributed by atoms with E-state index in [1.54, 1.807) is 0 Å². The molecule has 1 aromatic carbocycles. The van der Waals surface area contributed by atoms with Crippen molar-refractivity contribution in [3.8, 4) is 0 Å². The van der Waals surface area contributed by atoms with Gasteiger partial charge in [-0.3, -0.25) is 9.89 Å². The first-order valence-corrected chi connectivity index (χ1v) is 6.40. The Labute approximate surface area is 115 Å². The van der Waals surface area contributed by atoms with Gasteiger partial charge in [-0.15, -0.1) is 0 Å². The predicted octanol–water partition coefficient (Wildman–Crippen LogP) is 1.38. The first-order valence-electron chi connectivity index (χ1n) is 6.40. The number of aryl methyl sites for hydroxylation is 1. The van der Waals surface area contributed by atoms with Crippen LogP contribution in [0.4, 0.5) is 0 Å². The summed E-state index contributed by atoms with van der Waals surface area (Å²) < 4.78 is 2.01. The second-order valence-electron chi connectivity index (χ2n) is 4.64. The second-order valence-corrected chi connectivity index (χ2v) is 4.64. The van der Waals surface area contributed by atoms with Crippen LogP contribution in [-0.2, 0) is 17.9 Å². The van der Waals surface area contributed by atoms with E-state index in [0.29, 0.717) is 18.9 Å². The second kappa shape index (κ2) is 5.16. The van der Waals surface area contributed by atoms with Gasteiger partial charge in [0, 0.05) is 11.2 Å². The number of fused-ring (bicyclic) bond motifs is 1. The molecule has 0 saturated carbocycles. The van der Waals surface area contributed by atoms with Crippen LogP contribution in [0.15, 0.2) is 36.7 Å². The first-order chi connectivity index (χ1) is 9.74. The van der Waals surface area contributed by atoms with Crippen LogP contribution in [0.5, 0.6) is 0 Å². The van der Waals surface area contributed by atoms with Gasteiger partial charge in [0.1, 0.15) is 18.7 Å². The van der Waals surface area contributed by atoms with Crippen molar-refractivity contribution in [3.05, 3.63) is 48.2 Å². The number of rotatable bonds is 4. The van der Waals surface area contributed by atoms with E-state index in [1.807, 2.05) is 35.8 Å². The Hall–Kier alpha value is -2.63. The number of nitrogens with zero attached hydrogens (tertiary/aromatic N) is 3. The number of carbonyl (C=O) groups is 1. The number of H-pyrrole nitrogens is 1. The molecule has 1 amide bonds. The van der Waals surface area contributed by atoms with E-state index < -0.39 is 0 Å². The maximum atomic E-state index is 12.0. The van der Waals surface area contributed by atoms with Gasteiger partial charge in [-0.25, -0.2) is 4.98 Å². The molecule has 0 bridgehead atoms. The summed E-state index contributed by atoms with van der Waals surface area (Å²) in [5, 5.41) is 10.4. The fourth-order valence-electron chi connectivity index (χ4n) is 2.26. The van der Waals surface area contributed by atoms with E-state index in [0.717, 1.165) is 16.6 Å². The van der Waals surface area contributed by atoms with Crippen molar-refractivity contribution in [3.63, 3.8) is 0 Å². The molecule has 102 valence electrons. The Morgan fingerprint density at radius 2 is 2.25 bits per heavy atom. The van der Waals surface area contributed by atoms with Crippen LogP contribution in [0, 0.1) is 6.92 Å². The van der Waals surface area contributed by atoms with Crippen molar-refractivity contribution in [1.29, 1.82) is 0 Å². The summed E-state index contributed by atoms with van der Waals surface area (Å²) in [6, 6.07) is 10.1. The monoisotopic (exact) mass is 269 g/mol. The summed E-state index contributed by atoms with van der Waals surface area (Å²) in [6.45, 7) is 2.66. The minimum absolute atomic E-state index is 0.0501. The predicted molar refractivity (Wildman–Crippen MR) is 74.9 cm³/mol. The fourth-order valence-corrected chi connectivity index (χ4v) is 2.26. The summed E-state index contributed by atoms with van der Waals surface area (Å²) in [5.74, 6) is 0.596. The molecular weight excluding hydrogens is 254 g/mol. The number of para-hydroxylation sites is 1. The number of aromatic amines is 1. The molecule has 0 aliphatic rings. The lowest BCUT2D eigenvalue weighted by molar-refractivity contribution is -0.121. The molecule has 0 aliphatic carbocycles. The van der Waals surface area contributed by atoms with Gasteiger partial charge in [0.2, 0.25) is 5.91 Å². The molecule has 2 N–H and O–H groups in total. The van der Waals surface area contributed by atoms with E-state index in [1.165, 1.54) is 6.33 Å². The number of hydrogen-bond donors (Lipinski definition) is 2. The van der Waals surface area contributed by atoms with Crippen LogP contribution in [-0.4, -0.2) is 25.7 Å². The normalized spacial score (nSPS) is 10.8. The van der Waals surface area contributed by atoms with Gasteiger partial charge in [0.25, 0.3) is 0 Å². The Kier molecular flexibility index (Phi) is 3.20. The zero-order valence-corrected chi connectivity index (χ0v) is 11.1. The molecule has 6 heteroatoms. The highest BCUT2D eigenvalue weighted by molar-refractivity contribution is 5.84. The number of nitrogens with one attached hydrogen (secondary N) is 2. The molecule has 3 rings (SSSR count). The topological polar surface area (TPSA) is 75.6 Å². The van der Waals surface area contributed by atoms with Crippen LogP contribution in [0.2, 0.25) is 0 Å². The standard InChI is InChI=1S/C14H15N5O/c1-10-6-11-4-2-3-5-12(11)19(10)8-14(20)15-7-13-16-9-17-18-13/h2-6,9H,7-8H2,1H3,(H,15,20)(H,16,17,18). The van der Waals surface area contributed by atoms with Gasteiger partial charge in [-0.05, 0) is 24.4 Å². The van der Waals surface area contributed by atoms with E-state index in [2.05, 4.69) is 26.6 Å². The van der Waals surface area contributed by atoms with Crippen LogP contribution in [0.25, 0.3) is 10.9 Å². The van der Waals surface area contributed by atoms with Crippen molar-refractivity contribution < 1.29 is 4.79 Å². The quantitative estimate of drug-likeness (QED) is 0.751. The van der Waals surface area contributed by atoms with E-state index in [4.69, 9.17) is 0 Å². The fraction of sp³-hybridized carbons (Fsp3) is 0.214. The zero-order chi connectivity index (χ0) is 13.9. The summed E-state index contributed by atoms with van der Waals surface area (Å²) in [7, 11) is 0. The molecule has 0 atom stereocenters. The molecule has 2 aromatic heterocycles. The lowest BCUT2D eigenvalue weighted by Gasteiger charge is -2.08. The molecule has 20 heavy (non-hydrogen) atoms. The molecule has 0 fully saturated rings. The van der Waals surface area contributed by atoms with Crippen molar-refractivity contribution >= 4 is 16.8 Å². The van der Waals surface area contributed by atoms with E-state index in [-0.39, 0.29) is 5.91 Å². The average Bonchev–Trinajstić information content (AvgIpc) is 3.06. The zero-order valence-electron chi connectivity index (χ0n) is 11.1. The smallest absolute Gasteiger partial charge is 0.240 e. The van der Waals surface area contributed by atoms with Gasteiger partial charge in [-0.2, -0.15) is 5.10 Å². The van der Waals surface area contributed by atoms with Crippen LogP contribution in [0.1, 0.15) is 11.5 Å². The average molecular weight is 269 g/mol. The Morgan fingerprint density at radius 1 is 1.40 bits per heavy atom. The molecular formula is C14H15N5O. The maximum Gasteiger partial charge on any atom is 0.240 e. The SMILES string of the molecule is Cc1cc2ccccc2n1CC(=O)NCc1ncn[nH]1. The van der Waals surface area contributed by atoms with Crippen molar-refractivity contribution in [1.82, 2.24) is 25.1 Å². The first kappa shape index (κ1) is 12.4. The molecule has 0 unspecified atom stereocenters. The highest BCUT2D eigenvalue weighted by Gasteiger charge is 2.09. The van der Waals surface area contributed by atoms with Gasteiger partial charge in [-0.1, -0.05) is 18.2 Å². The number of amides is 1. The summed E-state index contributed by atoms with van der Waals surface area (Å²) >= 11 is 0. The molecule has 0 aliphatic heterocycles. The van der Waals surface area contributed by atoms with Crippen molar-refractivity contribution in [2.45, 2.75) is 20.0 Å². The van der Waals surface area contributed by atoms with Gasteiger partial charge in [0.05, 0.1) is 6.54 Å². The highest BCUT2D eigenvalue weighted by atomic mass is 16.1. The summed E-state index contributed by atoms with van der Waals surface area (Å²) in [4.78, 5) is 16.0. The molecule has 0 radical (unpaired) electrons. The van der Waals surface area contributed by atoms with Crippen molar-refractivity contribution in [2.75, 3.05) is 0 Å². The number of aromatic nitrogens is 4. The van der Waals surface area contributed by atoms with Gasteiger partial charge in [0.15, 0.2) is 0 Å². The molecule has 2 heterocycles. The van der Waals surface area contributed by atoms with Crippen LogP contribution in [0.3, 0.4) is 0 Å². The lowest BCUT2D eigenvalue weighted by Crippen LogP contribution is -2.27. The molecule has 6 nitrogen and oxygen atoms in total. The third-order valence-electron chi connectivity index (χ3n) is 3.24. The Morgan fingerprint density at radius 3 is 3.05 bits per heavy atom. The summed E-state index contributed by atoms with van der Waals surface area (Å²) in [5.41, 5.74) is 2.14. The van der Waals surface area contributed by atoms with Crippen LogP contribution < -0.4 is 5.32 Å². The van der Waals surface area contributed by atoms with Crippen molar-refractivity contribution in [2.24, 2.45) is 0 Å². The third-order valence-corrected chi connectivity index (χ3v) is 3.24. The number of benzene rings is 1. The molecule has 3 aromatic rings. The highest BCUT2D eigenvalue weighted by Crippen LogP contribution is 2.18. The van der Waals surface area contributed by atoms with Gasteiger partial charge >= 0.3 is 0 Å². The van der Waals surface area contributed by atoms with E-state index >= 15 is 0 Å². The number of hydrogen-bond acceptors (Lipinski definition) is 3. The largest absolute Gasteiger partial charge is 0.347 e. The maximum absolute atomic E-state index is 12.0. The Balaban J connectivity index is 1.72. The summed E-state index contributed by atoms with van der Waals surface area (Å²) in [6.07, 6.45) is 1.42. The lowest BCUT2D eigenvalue weighted by atomic mass is 10.2. The molecule has 0 spiro atoms. The minimum atomic E-state index is -0.0501. The van der Waals surface area contributed by atoms with E-state index in [9.17, 15) is 4.79 Å². The van der Waals surface area contributed by atoms with Crippen LogP contribution >= 0.6 is 0 Å². The third kappa shape index (κ3) is 2.40. The Bertz CT molecular complexity index is 729. The minimum Gasteiger partial charge on any atom is -0.347 e. The van der Waals surface area contributed by atoms with Gasteiger partial charge < -0.3 is 9.88 Å². The molecule has 0 saturated heterocycles. The number of carbonyl (C=O) groups excluding carboxylic acids is 1.